The quantitative estimate of drug-likeness (QED) is 0.851. The van der Waals surface area contributed by atoms with Crippen LogP contribution in [0.2, 0.25) is 0 Å². The van der Waals surface area contributed by atoms with Crippen LogP contribution in [0.3, 0.4) is 0 Å². The van der Waals surface area contributed by atoms with Crippen molar-refractivity contribution >= 4 is 5.82 Å². The molecular formula is C14H27N3. The Hall–Kier alpha value is -0.990. The summed E-state index contributed by atoms with van der Waals surface area (Å²) in [4.78, 5) is 4.76. The molecule has 0 aliphatic carbocycles. The topological polar surface area (TPSA) is 43.8 Å². The first-order valence-corrected chi connectivity index (χ1v) is 6.77. The van der Waals surface area contributed by atoms with Crippen LogP contribution >= 0.6 is 0 Å². The van der Waals surface area contributed by atoms with Crippen molar-refractivity contribution in [3.63, 3.8) is 0 Å². The van der Waals surface area contributed by atoms with Crippen molar-refractivity contribution in [1.29, 1.82) is 0 Å². The Morgan fingerprint density at radius 2 is 1.82 bits per heavy atom. The number of rotatable bonds is 5. The highest BCUT2D eigenvalue weighted by Crippen LogP contribution is 2.28. The number of aryl methyl sites for hydroxylation is 1. The van der Waals surface area contributed by atoms with E-state index in [1.165, 1.54) is 12.8 Å². The Balaban J connectivity index is 3.11. The van der Waals surface area contributed by atoms with Crippen LogP contribution in [0.15, 0.2) is 0 Å². The lowest BCUT2D eigenvalue weighted by atomic mass is 9.92. The number of nitrogens with two attached hydrogens (primary N) is 1. The van der Waals surface area contributed by atoms with Gasteiger partial charge in [0.25, 0.3) is 0 Å². The number of nitrogen functional groups attached to an aromatic ring is 1. The van der Waals surface area contributed by atoms with Gasteiger partial charge in [0.2, 0.25) is 0 Å². The zero-order valence-corrected chi connectivity index (χ0v) is 12.0. The number of imidazole rings is 1. The normalized spacial score (nSPS) is 12.1. The van der Waals surface area contributed by atoms with Crippen LogP contribution in [0.5, 0.6) is 0 Å². The van der Waals surface area contributed by atoms with Crippen molar-refractivity contribution in [2.24, 2.45) is 0 Å². The van der Waals surface area contributed by atoms with Gasteiger partial charge in [-0.15, -0.1) is 0 Å². The molecule has 0 spiro atoms. The van der Waals surface area contributed by atoms with E-state index in [0.717, 1.165) is 36.7 Å². The highest BCUT2D eigenvalue weighted by molar-refractivity contribution is 5.42. The first-order chi connectivity index (χ1) is 7.91. The lowest BCUT2D eigenvalue weighted by Gasteiger charge is -2.16. The molecular weight excluding hydrogens is 210 g/mol. The fraction of sp³-hybridized carbons (Fsp3) is 0.786. The molecule has 1 rings (SSSR count). The van der Waals surface area contributed by atoms with E-state index in [9.17, 15) is 0 Å². The molecule has 3 nitrogen and oxygen atoms in total. The van der Waals surface area contributed by atoms with Crippen molar-refractivity contribution in [3.8, 4) is 0 Å². The summed E-state index contributed by atoms with van der Waals surface area (Å²) >= 11 is 0. The lowest BCUT2D eigenvalue weighted by molar-refractivity contribution is 0.572. The zero-order chi connectivity index (χ0) is 13.1. The maximum absolute atomic E-state index is 6.26. The number of hydrogen-bond donors (Lipinski definition) is 1. The molecule has 0 aliphatic heterocycles. The van der Waals surface area contributed by atoms with Gasteiger partial charge in [-0.1, -0.05) is 41.0 Å². The van der Waals surface area contributed by atoms with Crippen molar-refractivity contribution in [1.82, 2.24) is 9.55 Å². The highest BCUT2D eigenvalue weighted by Gasteiger charge is 2.24. The second-order valence-corrected chi connectivity index (χ2v) is 5.77. The van der Waals surface area contributed by atoms with Crippen LogP contribution in [-0.4, -0.2) is 9.55 Å². The largest absolute Gasteiger partial charge is 0.384 e. The monoisotopic (exact) mass is 237 g/mol. The summed E-state index contributed by atoms with van der Waals surface area (Å²) in [6.07, 6.45) is 4.49. The number of hydrogen-bond acceptors (Lipinski definition) is 2. The third-order valence-electron chi connectivity index (χ3n) is 3.01. The second kappa shape index (κ2) is 5.56. The Kier molecular flexibility index (Phi) is 4.61. The molecule has 1 heterocycles. The lowest BCUT2D eigenvalue weighted by Crippen LogP contribution is -2.15. The van der Waals surface area contributed by atoms with E-state index in [4.69, 9.17) is 10.7 Å². The summed E-state index contributed by atoms with van der Waals surface area (Å²) in [6.45, 7) is 11.9. The van der Waals surface area contributed by atoms with Crippen LogP contribution in [0, 0.1) is 0 Å². The molecule has 0 radical (unpaired) electrons. The van der Waals surface area contributed by atoms with Crippen molar-refractivity contribution in [3.05, 3.63) is 11.5 Å². The molecule has 0 saturated heterocycles. The van der Waals surface area contributed by atoms with Gasteiger partial charge in [0.1, 0.15) is 11.6 Å². The number of unbranched alkanes of at least 4 members (excludes halogenated alkanes) is 1. The molecule has 0 atom stereocenters. The van der Waals surface area contributed by atoms with Gasteiger partial charge in [-0.2, -0.15) is 0 Å². The maximum atomic E-state index is 6.26. The minimum Gasteiger partial charge on any atom is -0.384 e. The number of nitrogens with zero attached hydrogens (tertiary/aromatic N) is 2. The van der Waals surface area contributed by atoms with Gasteiger partial charge >= 0.3 is 0 Å². The van der Waals surface area contributed by atoms with E-state index in [1.807, 2.05) is 0 Å². The third-order valence-corrected chi connectivity index (χ3v) is 3.01. The number of aromatic nitrogens is 2. The second-order valence-electron chi connectivity index (χ2n) is 5.77. The molecule has 3 heteroatoms. The fourth-order valence-corrected chi connectivity index (χ4v) is 2.05. The van der Waals surface area contributed by atoms with Gasteiger partial charge in [0.15, 0.2) is 0 Å². The SMILES string of the molecule is CCCCn1c(CCC)nc(C(C)(C)C)c1N. The smallest absolute Gasteiger partial charge is 0.127 e. The van der Waals surface area contributed by atoms with Gasteiger partial charge in [-0.05, 0) is 12.8 Å². The Bertz CT molecular complexity index is 358. The molecule has 98 valence electrons. The summed E-state index contributed by atoms with van der Waals surface area (Å²) in [5.41, 5.74) is 7.35. The molecule has 2 N–H and O–H groups in total. The van der Waals surface area contributed by atoms with Crippen LogP contribution in [0.25, 0.3) is 0 Å². The van der Waals surface area contributed by atoms with Crippen molar-refractivity contribution < 1.29 is 0 Å². The fourth-order valence-electron chi connectivity index (χ4n) is 2.05. The zero-order valence-electron chi connectivity index (χ0n) is 12.0. The van der Waals surface area contributed by atoms with Gasteiger partial charge in [0.05, 0.1) is 5.69 Å². The van der Waals surface area contributed by atoms with Crippen molar-refractivity contribution in [2.75, 3.05) is 5.73 Å². The molecule has 0 amide bonds. The summed E-state index contributed by atoms with van der Waals surface area (Å²) < 4.78 is 2.22. The Labute approximate surface area is 105 Å². The minimum absolute atomic E-state index is 0.0318. The van der Waals surface area contributed by atoms with E-state index >= 15 is 0 Å². The molecule has 1 aromatic heterocycles. The van der Waals surface area contributed by atoms with Crippen LogP contribution in [0.1, 0.15) is 65.4 Å². The van der Waals surface area contributed by atoms with E-state index in [0.29, 0.717) is 0 Å². The summed E-state index contributed by atoms with van der Waals surface area (Å²) in [7, 11) is 0. The molecule has 17 heavy (non-hydrogen) atoms. The minimum atomic E-state index is 0.0318. The molecule has 0 fully saturated rings. The molecule has 0 aliphatic rings. The molecule has 0 aromatic carbocycles. The average molecular weight is 237 g/mol. The molecule has 0 saturated carbocycles. The van der Waals surface area contributed by atoms with Gasteiger partial charge in [-0.3, -0.25) is 0 Å². The molecule has 0 unspecified atom stereocenters. The third kappa shape index (κ3) is 3.24. The van der Waals surface area contributed by atoms with E-state index in [-0.39, 0.29) is 5.41 Å². The summed E-state index contributed by atoms with van der Waals surface area (Å²) in [5, 5.41) is 0. The summed E-state index contributed by atoms with van der Waals surface area (Å²) in [5.74, 6) is 2.03. The predicted molar refractivity (Wildman–Crippen MR) is 74.2 cm³/mol. The van der Waals surface area contributed by atoms with Crippen LogP contribution in [-0.2, 0) is 18.4 Å². The summed E-state index contributed by atoms with van der Waals surface area (Å²) in [6, 6.07) is 0. The average Bonchev–Trinajstić information content (AvgIpc) is 2.53. The Morgan fingerprint density at radius 3 is 2.29 bits per heavy atom. The van der Waals surface area contributed by atoms with Crippen LogP contribution in [0.4, 0.5) is 5.82 Å². The van der Waals surface area contributed by atoms with Crippen molar-refractivity contribution in [2.45, 2.75) is 72.3 Å². The maximum Gasteiger partial charge on any atom is 0.127 e. The van der Waals surface area contributed by atoms with Gasteiger partial charge in [0, 0.05) is 18.4 Å². The first kappa shape index (κ1) is 14.1. The highest BCUT2D eigenvalue weighted by atomic mass is 15.1. The number of anilines is 1. The predicted octanol–water partition coefficient (Wildman–Crippen LogP) is 3.52. The molecule has 0 bridgehead atoms. The van der Waals surface area contributed by atoms with Crippen LogP contribution < -0.4 is 5.73 Å². The van der Waals surface area contributed by atoms with E-state index in [1.54, 1.807) is 0 Å². The van der Waals surface area contributed by atoms with Gasteiger partial charge < -0.3 is 10.3 Å². The van der Waals surface area contributed by atoms with Gasteiger partial charge in [-0.25, -0.2) is 4.98 Å². The standard InChI is InChI=1S/C14H27N3/c1-6-8-10-17-11(9-7-2)16-12(13(17)15)14(3,4)5/h6-10,15H2,1-5H3. The Morgan fingerprint density at radius 1 is 1.18 bits per heavy atom. The first-order valence-electron chi connectivity index (χ1n) is 6.77. The molecule has 1 aromatic rings. The van der Waals surface area contributed by atoms with E-state index < -0.39 is 0 Å². The van der Waals surface area contributed by atoms with E-state index in [2.05, 4.69) is 39.2 Å².